The highest BCUT2D eigenvalue weighted by Crippen LogP contribution is 2.29. The van der Waals surface area contributed by atoms with Gasteiger partial charge in [-0.05, 0) is 18.6 Å². The average molecular weight is 231 g/mol. The molecular formula is C14H17NO2. The number of nitrogens with zero attached hydrogens (tertiary/aromatic N) is 1. The zero-order valence-corrected chi connectivity index (χ0v) is 10.3. The van der Waals surface area contributed by atoms with Crippen molar-refractivity contribution in [2.45, 2.75) is 13.3 Å². The Morgan fingerprint density at radius 3 is 2.88 bits per heavy atom. The summed E-state index contributed by atoms with van der Waals surface area (Å²) in [6.07, 6.45) is 2.41. The van der Waals surface area contributed by atoms with Crippen molar-refractivity contribution in [1.29, 1.82) is 0 Å². The third-order valence-corrected chi connectivity index (χ3v) is 3.19. The smallest absolute Gasteiger partial charge is 0.227 e. The Kier molecular flexibility index (Phi) is 3.18. The molecule has 1 aliphatic rings. The summed E-state index contributed by atoms with van der Waals surface area (Å²) in [5, 5.41) is 0. The van der Waals surface area contributed by atoms with Crippen LogP contribution in [0.4, 0.5) is 5.69 Å². The van der Waals surface area contributed by atoms with Crippen molar-refractivity contribution in [1.82, 2.24) is 0 Å². The maximum absolute atomic E-state index is 11.9. The number of aryl methyl sites for hydroxylation is 1. The van der Waals surface area contributed by atoms with Crippen LogP contribution in [0.3, 0.4) is 0 Å². The molecule has 0 spiro atoms. The Bertz CT molecular complexity index is 454. The lowest BCUT2D eigenvalue weighted by molar-refractivity contribution is -0.117. The lowest BCUT2D eigenvalue weighted by atomic mass is 10.1. The first-order chi connectivity index (χ1) is 8.15. The zero-order chi connectivity index (χ0) is 12.4. The Morgan fingerprint density at radius 2 is 2.29 bits per heavy atom. The second-order valence-electron chi connectivity index (χ2n) is 4.36. The summed E-state index contributed by atoms with van der Waals surface area (Å²) in [4.78, 5) is 13.7. The molecule has 0 aromatic heterocycles. The standard InChI is InChI=1S/C14H17NO2/c1-4-11-7-14(16)15(9-11)12-6-5-10(2)13(8-12)17-3/h4-6,8,11H,1,7,9H2,2-3H3. The Labute approximate surface area is 102 Å². The van der Waals surface area contributed by atoms with Crippen LogP contribution in [0.2, 0.25) is 0 Å². The number of rotatable bonds is 3. The first-order valence-corrected chi connectivity index (χ1v) is 5.73. The Hall–Kier alpha value is -1.77. The maximum Gasteiger partial charge on any atom is 0.227 e. The molecule has 1 aromatic rings. The second-order valence-corrected chi connectivity index (χ2v) is 4.36. The van der Waals surface area contributed by atoms with E-state index in [4.69, 9.17) is 4.74 Å². The van der Waals surface area contributed by atoms with Gasteiger partial charge in [-0.15, -0.1) is 6.58 Å². The van der Waals surface area contributed by atoms with Crippen LogP contribution in [0.1, 0.15) is 12.0 Å². The van der Waals surface area contributed by atoms with Gasteiger partial charge < -0.3 is 9.64 Å². The summed E-state index contributed by atoms with van der Waals surface area (Å²) >= 11 is 0. The molecule has 17 heavy (non-hydrogen) atoms. The van der Waals surface area contributed by atoms with Crippen molar-refractivity contribution >= 4 is 11.6 Å². The molecule has 1 aromatic carbocycles. The van der Waals surface area contributed by atoms with Crippen molar-refractivity contribution in [3.05, 3.63) is 36.4 Å². The Morgan fingerprint density at radius 1 is 1.53 bits per heavy atom. The van der Waals surface area contributed by atoms with E-state index < -0.39 is 0 Å². The van der Waals surface area contributed by atoms with Gasteiger partial charge in [0.15, 0.2) is 0 Å². The number of hydrogen-bond acceptors (Lipinski definition) is 2. The molecule has 0 bridgehead atoms. The molecule has 1 fully saturated rings. The van der Waals surface area contributed by atoms with Crippen LogP contribution >= 0.6 is 0 Å². The molecular weight excluding hydrogens is 214 g/mol. The summed E-state index contributed by atoms with van der Waals surface area (Å²) in [5.74, 6) is 1.23. The fourth-order valence-electron chi connectivity index (χ4n) is 2.12. The summed E-state index contributed by atoms with van der Waals surface area (Å²) in [6, 6.07) is 5.85. The van der Waals surface area contributed by atoms with E-state index in [0.717, 1.165) is 17.0 Å². The van der Waals surface area contributed by atoms with Gasteiger partial charge >= 0.3 is 0 Å². The minimum absolute atomic E-state index is 0.154. The molecule has 90 valence electrons. The molecule has 1 atom stereocenters. The molecule has 0 aliphatic carbocycles. The normalized spacial score (nSPS) is 19.5. The van der Waals surface area contributed by atoms with Crippen molar-refractivity contribution in [2.75, 3.05) is 18.6 Å². The summed E-state index contributed by atoms with van der Waals surface area (Å²) < 4.78 is 5.28. The van der Waals surface area contributed by atoms with Crippen LogP contribution < -0.4 is 9.64 Å². The van der Waals surface area contributed by atoms with Crippen LogP contribution in [0.15, 0.2) is 30.9 Å². The van der Waals surface area contributed by atoms with Gasteiger partial charge in [0.2, 0.25) is 5.91 Å². The fourth-order valence-corrected chi connectivity index (χ4v) is 2.12. The molecule has 1 aliphatic heterocycles. The minimum Gasteiger partial charge on any atom is -0.496 e. The fraction of sp³-hybridized carbons (Fsp3) is 0.357. The van der Waals surface area contributed by atoms with Crippen LogP contribution in [0.25, 0.3) is 0 Å². The topological polar surface area (TPSA) is 29.5 Å². The van der Waals surface area contributed by atoms with Crippen LogP contribution in [0, 0.1) is 12.8 Å². The van der Waals surface area contributed by atoms with Crippen LogP contribution in [-0.4, -0.2) is 19.6 Å². The van der Waals surface area contributed by atoms with Gasteiger partial charge in [0.05, 0.1) is 7.11 Å². The first kappa shape index (κ1) is 11.7. The molecule has 1 heterocycles. The number of carbonyl (C=O) groups is 1. The van der Waals surface area contributed by atoms with E-state index in [0.29, 0.717) is 13.0 Å². The monoisotopic (exact) mass is 231 g/mol. The molecule has 3 nitrogen and oxygen atoms in total. The number of carbonyl (C=O) groups excluding carboxylic acids is 1. The number of methoxy groups -OCH3 is 1. The number of amides is 1. The zero-order valence-electron chi connectivity index (χ0n) is 10.3. The molecule has 1 saturated heterocycles. The highest BCUT2D eigenvalue weighted by atomic mass is 16.5. The minimum atomic E-state index is 0.154. The van der Waals surface area contributed by atoms with Gasteiger partial charge in [-0.3, -0.25) is 4.79 Å². The van der Waals surface area contributed by atoms with E-state index >= 15 is 0 Å². The van der Waals surface area contributed by atoms with Gasteiger partial charge in [0.1, 0.15) is 5.75 Å². The SMILES string of the molecule is C=CC1CC(=O)N(c2ccc(C)c(OC)c2)C1. The summed E-state index contributed by atoms with van der Waals surface area (Å²) in [7, 11) is 1.64. The molecule has 2 rings (SSSR count). The second kappa shape index (κ2) is 4.62. The van der Waals surface area contributed by atoms with E-state index in [1.165, 1.54) is 0 Å². The van der Waals surface area contributed by atoms with Gasteiger partial charge in [-0.1, -0.05) is 12.1 Å². The van der Waals surface area contributed by atoms with Crippen molar-refractivity contribution in [2.24, 2.45) is 5.92 Å². The molecule has 0 saturated carbocycles. The molecule has 3 heteroatoms. The van der Waals surface area contributed by atoms with Gasteiger partial charge in [0, 0.05) is 30.6 Å². The van der Waals surface area contributed by atoms with Gasteiger partial charge in [-0.2, -0.15) is 0 Å². The van der Waals surface area contributed by atoms with E-state index in [-0.39, 0.29) is 11.8 Å². The predicted octanol–water partition coefficient (Wildman–Crippen LogP) is 2.54. The van der Waals surface area contributed by atoms with E-state index in [1.807, 2.05) is 31.2 Å². The van der Waals surface area contributed by atoms with E-state index in [9.17, 15) is 4.79 Å². The maximum atomic E-state index is 11.9. The molecule has 1 unspecified atom stereocenters. The Balaban J connectivity index is 2.28. The number of benzene rings is 1. The summed E-state index contributed by atoms with van der Waals surface area (Å²) in [6.45, 7) is 6.45. The summed E-state index contributed by atoms with van der Waals surface area (Å²) in [5.41, 5.74) is 1.98. The van der Waals surface area contributed by atoms with Crippen molar-refractivity contribution < 1.29 is 9.53 Å². The van der Waals surface area contributed by atoms with Crippen molar-refractivity contribution in [3.8, 4) is 5.75 Å². The lowest BCUT2D eigenvalue weighted by Crippen LogP contribution is -2.24. The van der Waals surface area contributed by atoms with E-state index in [1.54, 1.807) is 12.0 Å². The largest absolute Gasteiger partial charge is 0.496 e. The average Bonchev–Trinajstić information content (AvgIpc) is 2.71. The third-order valence-electron chi connectivity index (χ3n) is 3.19. The lowest BCUT2D eigenvalue weighted by Gasteiger charge is -2.17. The van der Waals surface area contributed by atoms with E-state index in [2.05, 4.69) is 6.58 Å². The molecule has 0 N–H and O–H groups in total. The van der Waals surface area contributed by atoms with Gasteiger partial charge in [0.25, 0.3) is 0 Å². The molecule has 1 amide bonds. The first-order valence-electron chi connectivity index (χ1n) is 5.73. The highest BCUT2D eigenvalue weighted by Gasteiger charge is 2.28. The van der Waals surface area contributed by atoms with Gasteiger partial charge in [-0.25, -0.2) is 0 Å². The molecule has 0 radical (unpaired) electrons. The quantitative estimate of drug-likeness (QED) is 0.748. The van der Waals surface area contributed by atoms with Crippen LogP contribution in [-0.2, 0) is 4.79 Å². The van der Waals surface area contributed by atoms with Crippen molar-refractivity contribution in [3.63, 3.8) is 0 Å². The highest BCUT2D eigenvalue weighted by molar-refractivity contribution is 5.96. The van der Waals surface area contributed by atoms with Crippen LogP contribution in [0.5, 0.6) is 5.75 Å². The number of ether oxygens (including phenoxy) is 1. The predicted molar refractivity (Wildman–Crippen MR) is 68.4 cm³/mol. The number of anilines is 1. The third kappa shape index (κ3) is 2.18. The number of hydrogen-bond donors (Lipinski definition) is 0.